The van der Waals surface area contributed by atoms with Gasteiger partial charge in [0.25, 0.3) is 0 Å². The number of benzene rings is 2. The zero-order valence-corrected chi connectivity index (χ0v) is 10.5. The van der Waals surface area contributed by atoms with Crippen LogP contribution in [0.5, 0.6) is 0 Å². The highest BCUT2D eigenvalue weighted by atomic mass is 16.1. The van der Waals surface area contributed by atoms with Crippen LogP contribution in [0, 0.1) is 0 Å². The van der Waals surface area contributed by atoms with E-state index in [4.69, 9.17) is 5.73 Å². The predicted octanol–water partition coefficient (Wildman–Crippen LogP) is 2.02. The van der Waals surface area contributed by atoms with Crippen LogP contribution in [0.1, 0.15) is 17.2 Å². The van der Waals surface area contributed by atoms with Crippen LogP contribution in [-0.4, -0.2) is 12.3 Å². The standard InChI is InChI=1S/C16H16N2O/c17-16-14-8-12(11-4-2-1-3-5-11)6-7-13(14)9-18-15(16)10-19/h1-8,10,15-16,18H,9,17H2. The van der Waals surface area contributed by atoms with Crippen molar-refractivity contribution in [1.82, 2.24) is 5.32 Å². The first kappa shape index (κ1) is 12.1. The molecule has 1 heterocycles. The summed E-state index contributed by atoms with van der Waals surface area (Å²) in [6.07, 6.45) is 0.892. The summed E-state index contributed by atoms with van der Waals surface area (Å²) in [5.41, 5.74) is 10.7. The van der Waals surface area contributed by atoms with Crippen molar-refractivity contribution in [2.45, 2.75) is 18.6 Å². The van der Waals surface area contributed by atoms with Crippen molar-refractivity contribution < 1.29 is 4.79 Å². The van der Waals surface area contributed by atoms with Crippen LogP contribution in [-0.2, 0) is 11.3 Å². The van der Waals surface area contributed by atoms with Crippen LogP contribution in [0.15, 0.2) is 48.5 Å². The fourth-order valence-corrected chi connectivity index (χ4v) is 2.56. The van der Waals surface area contributed by atoms with E-state index in [2.05, 4.69) is 35.6 Å². The second kappa shape index (κ2) is 4.96. The van der Waals surface area contributed by atoms with E-state index >= 15 is 0 Å². The van der Waals surface area contributed by atoms with Crippen molar-refractivity contribution >= 4 is 6.29 Å². The largest absolute Gasteiger partial charge is 0.322 e. The Morgan fingerprint density at radius 3 is 2.63 bits per heavy atom. The second-order valence-corrected chi connectivity index (χ2v) is 4.85. The molecule has 3 rings (SSSR count). The first-order chi connectivity index (χ1) is 9.29. The van der Waals surface area contributed by atoms with Crippen LogP contribution >= 0.6 is 0 Å². The maximum Gasteiger partial charge on any atom is 0.138 e. The van der Waals surface area contributed by atoms with E-state index in [1.54, 1.807) is 0 Å². The normalized spacial score (nSPS) is 21.7. The van der Waals surface area contributed by atoms with Gasteiger partial charge in [0.1, 0.15) is 6.29 Å². The average molecular weight is 252 g/mol. The number of hydrogen-bond acceptors (Lipinski definition) is 3. The molecule has 0 radical (unpaired) electrons. The van der Waals surface area contributed by atoms with Gasteiger partial charge in [0.15, 0.2) is 0 Å². The van der Waals surface area contributed by atoms with Gasteiger partial charge < -0.3 is 15.8 Å². The van der Waals surface area contributed by atoms with Crippen LogP contribution in [0.4, 0.5) is 0 Å². The summed E-state index contributed by atoms with van der Waals surface area (Å²) in [4.78, 5) is 11.0. The lowest BCUT2D eigenvalue weighted by Gasteiger charge is -2.29. The van der Waals surface area contributed by atoms with Gasteiger partial charge in [-0.25, -0.2) is 0 Å². The molecule has 2 aromatic carbocycles. The van der Waals surface area contributed by atoms with Crippen molar-refractivity contribution in [1.29, 1.82) is 0 Å². The second-order valence-electron chi connectivity index (χ2n) is 4.85. The molecular formula is C16H16N2O. The topological polar surface area (TPSA) is 55.1 Å². The van der Waals surface area contributed by atoms with Gasteiger partial charge in [-0.15, -0.1) is 0 Å². The van der Waals surface area contributed by atoms with Gasteiger partial charge in [0.05, 0.1) is 12.1 Å². The number of nitrogens with two attached hydrogens (primary N) is 1. The molecule has 0 saturated carbocycles. The third-order valence-corrected chi connectivity index (χ3v) is 3.67. The summed E-state index contributed by atoms with van der Waals surface area (Å²) < 4.78 is 0. The zero-order chi connectivity index (χ0) is 13.2. The van der Waals surface area contributed by atoms with E-state index in [0.717, 1.165) is 17.4 Å². The van der Waals surface area contributed by atoms with Gasteiger partial charge >= 0.3 is 0 Å². The van der Waals surface area contributed by atoms with Crippen LogP contribution in [0.25, 0.3) is 11.1 Å². The Labute approximate surface area is 112 Å². The molecule has 96 valence electrons. The summed E-state index contributed by atoms with van der Waals surface area (Å²) >= 11 is 0. The lowest BCUT2D eigenvalue weighted by Crippen LogP contribution is -2.44. The average Bonchev–Trinajstić information content (AvgIpc) is 2.48. The number of aldehydes is 1. The molecule has 1 aliphatic rings. The summed E-state index contributed by atoms with van der Waals surface area (Å²) in [5, 5.41) is 3.14. The van der Waals surface area contributed by atoms with Gasteiger partial charge in [-0.1, -0.05) is 42.5 Å². The Morgan fingerprint density at radius 2 is 1.89 bits per heavy atom. The molecular weight excluding hydrogens is 236 g/mol. The molecule has 3 N–H and O–H groups in total. The quantitative estimate of drug-likeness (QED) is 0.804. The molecule has 2 unspecified atom stereocenters. The Kier molecular flexibility index (Phi) is 3.15. The van der Waals surface area contributed by atoms with Crippen molar-refractivity contribution in [3.8, 4) is 11.1 Å². The number of carbonyl (C=O) groups is 1. The number of carbonyl (C=O) groups excluding carboxylic acids is 1. The maximum absolute atomic E-state index is 11.0. The first-order valence-electron chi connectivity index (χ1n) is 6.42. The van der Waals surface area contributed by atoms with Gasteiger partial charge in [0.2, 0.25) is 0 Å². The SMILES string of the molecule is NC1c2cc(-c3ccccc3)ccc2CNC1C=O. The molecule has 0 aromatic heterocycles. The van der Waals surface area contributed by atoms with Gasteiger partial charge in [-0.2, -0.15) is 0 Å². The van der Waals surface area contributed by atoms with Crippen molar-refractivity contribution in [3.05, 3.63) is 59.7 Å². The lowest BCUT2D eigenvalue weighted by molar-refractivity contribution is -0.110. The zero-order valence-electron chi connectivity index (χ0n) is 10.5. The van der Waals surface area contributed by atoms with Crippen LogP contribution in [0.2, 0.25) is 0 Å². The molecule has 0 saturated heterocycles. The summed E-state index contributed by atoms with van der Waals surface area (Å²) in [6.45, 7) is 0.696. The van der Waals surface area contributed by atoms with Gasteiger partial charge in [0, 0.05) is 6.54 Å². The highest BCUT2D eigenvalue weighted by Crippen LogP contribution is 2.29. The lowest BCUT2D eigenvalue weighted by atomic mass is 9.89. The van der Waals surface area contributed by atoms with Crippen LogP contribution in [0.3, 0.4) is 0 Å². The van der Waals surface area contributed by atoms with E-state index < -0.39 is 0 Å². The molecule has 0 aliphatic carbocycles. The molecule has 2 aromatic rings. The maximum atomic E-state index is 11.0. The third-order valence-electron chi connectivity index (χ3n) is 3.67. The molecule has 1 aliphatic heterocycles. The number of fused-ring (bicyclic) bond motifs is 1. The van der Waals surface area contributed by atoms with E-state index in [1.165, 1.54) is 11.1 Å². The Hall–Kier alpha value is -1.97. The minimum atomic E-state index is -0.293. The summed E-state index contributed by atoms with van der Waals surface area (Å²) in [5.74, 6) is 0. The van der Waals surface area contributed by atoms with Crippen molar-refractivity contribution in [3.63, 3.8) is 0 Å². The van der Waals surface area contributed by atoms with E-state index in [1.807, 2.05) is 18.2 Å². The molecule has 0 fully saturated rings. The number of rotatable bonds is 2. The molecule has 0 bridgehead atoms. The molecule has 3 nitrogen and oxygen atoms in total. The fourth-order valence-electron chi connectivity index (χ4n) is 2.56. The van der Waals surface area contributed by atoms with E-state index in [0.29, 0.717) is 6.54 Å². The highest BCUT2D eigenvalue weighted by molar-refractivity contribution is 5.67. The molecule has 19 heavy (non-hydrogen) atoms. The first-order valence-corrected chi connectivity index (χ1v) is 6.42. The third kappa shape index (κ3) is 2.18. The number of nitrogens with one attached hydrogen (secondary N) is 1. The van der Waals surface area contributed by atoms with Gasteiger partial charge in [-0.05, 0) is 28.3 Å². The molecule has 0 amide bonds. The Balaban J connectivity index is 2.04. The van der Waals surface area contributed by atoms with Crippen molar-refractivity contribution in [2.24, 2.45) is 5.73 Å². The molecule has 3 heteroatoms. The number of hydrogen-bond donors (Lipinski definition) is 2. The predicted molar refractivity (Wildman–Crippen MR) is 75.5 cm³/mol. The highest BCUT2D eigenvalue weighted by Gasteiger charge is 2.25. The van der Waals surface area contributed by atoms with Gasteiger partial charge in [-0.3, -0.25) is 0 Å². The van der Waals surface area contributed by atoms with E-state index in [-0.39, 0.29) is 12.1 Å². The monoisotopic (exact) mass is 252 g/mol. The molecule has 2 atom stereocenters. The van der Waals surface area contributed by atoms with Crippen molar-refractivity contribution in [2.75, 3.05) is 0 Å². The molecule has 0 spiro atoms. The van der Waals surface area contributed by atoms with E-state index in [9.17, 15) is 4.79 Å². The fraction of sp³-hybridized carbons (Fsp3) is 0.188. The minimum absolute atomic E-state index is 0.273. The Morgan fingerprint density at radius 1 is 1.11 bits per heavy atom. The Bertz CT molecular complexity index is 595. The van der Waals surface area contributed by atoms with Crippen LogP contribution < -0.4 is 11.1 Å². The summed E-state index contributed by atoms with van der Waals surface area (Å²) in [7, 11) is 0. The summed E-state index contributed by atoms with van der Waals surface area (Å²) in [6, 6.07) is 15.9. The minimum Gasteiger partial charge on any atom is -0.322 e. The smallest absolute Gasteiger partial charge is 0.138 e.